The topological polar surface area (TPSA) is 24.7 Å². The van der Waals surface area contributed by atoms with Crippen molar-refractivity contribution in [3.8, 4) is 0 Å². The van der Waals surface area contributed by atoms with Crippen molar-refractivity contribution < 1.29 is 0 Å². The van der Waals surface area contributed by atoms with E-state index < -0.39 is 8.24 Å². The van der Waals surface area contributed by atoms with Gasteiger partial charge in [-0.3, -0.25) is 0 Å². The first-order valence-corrected chi connectivity index (χ1v) is 7.09. The highest BCUT2D eigenvalue weighted by molar-refractivity contribution is 6.74. The quantitative estimate of drug-likeness (QED) is 0.414. The number of hydrogen-bond acceptors (Lipinski definition) is 2. The maximum absolute atomic E-state index is 4.29. The fourth-order valence-corrected chi connectivity index (χ4v) is 0.900. The molecule has 2 nitrogen and oxygen atoms in total. The highest BCUT2D eigenvalue weighted by atomic mass is 28.3. The van der Waals surface area contributed by atoms with Crippen molar-refractivity contribution in [1.82, 2.24) is 0 Å². The third-order valence-corrected chi connectivity index (χ3v) is 1.35. The van der Waals surface area contributed by atoms with Crippen LogP contribution in [0.15, 0.2) is 9.89 Å². The Bertz CT molecular complexity index is 112. The fraction of sp³-hybridized carbons (Fsp3) is 1.00. The molecule has 0 bridgehead atoms. The summed E-state index contributed by atoms with van der Waals surface area (Å²) >= 11 is 0. The first kappa shape index (κ1) is 9.82. The summed E-state index contributed by atoms with van der Waals surface area (Å²) in [6, 6.07) is 0. The lowest BCUT2D eigenvalue weighted by Crippen LogP contribution is -2.18. The second kappa shape index (κ2) is 2.82. The number of nitrogens with zero attached hydrogens (tertiary/aromatic N) is 2. The lowest BCUT2D eigenvalue weighted by Gasteiger charge is -2.13. The molecule has 0 rings (SSSR count). The van der Waals surface area contributed by atoms with Gasteiger partial charge in [-0.15, -0.1) is 0 Å². The third kappa shape index (κ3) is 7.82. The van der Waals surface area contributed by atoms with Crippen molar-refractivity contribution in [2.24, 2.45) is 9.89 Å². The van der Waals surface area contributed by atoms with E-state index in [2.05, 4.69) is 50.3 Å². The summed E-state index contributed by atoms with van der Waals surface area (Å²) in [6.07, 6.45) is 0. The van der Waals surface area contributed by atoms with Crippen molar-refractivity contribution in [1.29, 1.82) is 0 Å². The van der Waals surface area contributed by atoms with E-state index in [0.717, 1.165) is 0 Å². The lowest BCUT2D eigenvalue weighted by atomic mass is 10.1. The Morgan fingerprint density at radius 2 is 1.40 bits per heavy atom. The Balaban J connectivity index is 4.01. The van der Waals surface area contributed by atoms with Crippen molar-refractivity contribution in [3.05, 3.63) is 0 Å². The smallest absolute Gasteiger partial charge is 0.200 e. The van der Waals surface area contributed by atoms with Gasteiger partial charge in [0.1, 0.15) is 0 Å². The van der Waals surface area contributed by atoms with Gasteiger partial charge in [0.25, 0.3) is 0 Å². The summed E-state index contributed by atoms with van der Waals surface area (Å²) in [6.45, 7) is 12.7. The van der Waals surface area contributed by atoms with Gasteiger partial charge in [-0.25, -0.2) is 4.78 Å². The minimum atomic E-state index is -1.31. The van der Waals surface area contributed by atoms with E-state index in [0.29, 0.717) is 0 Å². The molecule has 60 valence electrons. The maximum atomic E-state index is 4.29. The molecule has 0 aliphatic heterocycles. The summed E-state index contributed by atoms with van der Waals surface area (Å²) < 4.78 is 4.29. The molecule has 0 saturated heterocycles. The molecule has 0 saturated carbocycles. The van der Waals surface area contributed by atoms with Crippen LogP contribution in [0.3, 0.4) is 0 Å². The van der Waals surface area contributed by atoms with E-state index in [1.807, 2.05) is 0 Å². The van der Waals surface area contributed by atoms with Crippen LogP contribution in [0.4, 0.5) is 0 Å². The van der Waals surface area contributed by atoms with Crippen molar-refractivity contribution >= 4 is 8.24 Å². The largest absolute Gasteiger partial charge is 0.239 e. The number of rotatable bonds is 1. The van der Waals surface area contributed by atoms with E-state index >= 15 is 0 Å². The Morgan fingerprint density at radius 1 is 1.00 bits per heavy atom. The number of hydrogen-bond donors (Lipinski definition) is 0. The van der Waals surface area contributed by atoms with Crippen LogP contribution in [-0.2, 0) is 0 Å². The molecule has 0 aliphatic carbocycles. The predicted octanol–water partition coefficient (Wildman–Crippen LogP) is 3.07. The summed E-state index contributed by atoms with van der Waals surface area (Å²) in [7, 11) is -1.31. The zero-order chi connectivity index (χ0) is 8.41. The van der Waals surface area contributed by atoms with Gasteiger partial charge in [-0.05, 0) is 40.4 Å². The molecule has 0 aromatic rings. The Kier molecular flexibility index (Phi) is 2.77. The highest BCUT2D eigenvalue weighted by Crippen LogP contribution is 2.11. The van der Waals surface area contributed by atoms with Crippen molar-refractivity contribution in [2.75, 3.05) is 0 Å². The standard InChI is InChI=1S/C7H18N2Si/c1-7(2,3)8-9-10(4,5)6/h1-6H3. The summed E-state index contributed by atoms with van der Waals surface area (Å²) in [5.41, 5.74) is 0.000278. The highest BCUT2D eigenvalue weighted by Gasteiger charge is 2.14. The van der Waals surface area contributed by atoms with Crippen LogP contribution < -0.4 is 0 Å². The fourth-order valence-electron chi connectivity index (χ4n) is 0.300. The minimum Gasteiger partial charge on any atom is -0.239 e. The molecule has 0 aromatic carbocycles. The minimum absolute atomic E-state index is 0.000278. The molecule has 0 radical (unpaired) electrons. The molecule has 0 atom stereocenters. The molecule has 0 amide bonds. The van der Waals surface area contributed by atoms with Crippen LogP contribution in [0.1, 0.15) is 20.8 Å². The average molecular weight is 158 g/mol. The van der Waals surface area contributed by atoms with Gasteiger partial charge in [0, 0.05) is 0 Å². The monoisotopic (exact) mass is 158 g/mol. The molecular weight excluding hydrogens is 140 g/mol. The van der Waals surface area contributed by atoms with Crippen molar-refractivity contribution in [2.45, 2.75) is 46.0 Å². The summed E-state index contributed by atoms with van der Waals surface area (Å²) in [4.78, 5) is 0. The van der Waals surface area contributed by atoms with Gasteiger partial charge in [0.05, 0.1) is 5.54 Å². The van der Waals surface area contributed by atoms with E-state index in [4.69, 9.17) is 0 Å². The van der Waals surface area contributed by atoms with Crippen LogP contribution in [0.2, 0.25) is 19.6 Å². The van der Waals surface area contributed by atoms with E-state index in [1.54, 1.807) is 0 Å². The van der Waals surface area contributed by atoms with Gasteiger partial charge in [0.2, 0.25) is 0 Å². The molecule has 3 heteroatoms. The second-order valence-corrected chi connectivity index (χ2v) is 9.08. The van der Waals surface area contributed by atoms with Gasteiger partial charge in [0.15, 0.2) is 8.24 Å². The third-order valence-electron chi connectivity index (χ3n) is 0.650. The molecule has 0 aliphatic rings. The molecule has 0 spiro atoms. The van der Waals surface area contributed by atoms with Gasteiger partial charge >= 0.3 is 0 Å². The summed E-state index contributed by atoms with van der Waals surface area (Å²) in [5.74, 6) is 0. The van der Waals surface area contributed by atoms with Crippen LogP contribution in [0.5, 0.6) is 0 Å². The average Bonchev–Trinajstić information content (AvgIpc) is 1.57. The Hall–Kier alpha value is -0.183. The van der Waals surface area contributed by atoms with E-state index in [1.165, 1.54) is 0 Å². The maximum Gasteiger partial charge on any atom is 0.200 e. The second-order valence-electron chi connectivity index (χ2n) is 4.54. The first-order valence-electron chi connectivity index (χ1n) is 3.65. The molecule has 0 fully saturated rings. The zero-order valence-corrected chi connectivity index (χ0v) is 8.89. The van der Waals surface area contributed by atoms with Crippen LogP contribution in [0, 0.1) is 0 Å². The molecule has 0 aromatic heterocycles. The van der Waals surface area contributed by atoms with Crippen molar-refractivity contribution in [3.63, 3.8) is 0 Å². The van der Waals surface area contributed by atoms with Gasteiger partial charge in [-0.1, -0.05) is 0 Å². The van der Waals surface area contributed by atoms with E-state index in [-0.39, 0.29) is 5.54 Å². The molecule has 0 heterocycles. The lowest BCUT2D eigenvalue weighted by molar-refractivity contribution is 0.555. The zero-order valence-electron chi connectivity index (χ0n) is 7.89. The molecule has 10 heavy (non-hydrogen) atoms. The SMILES string of the molecule is CC(C)(C)N=N[Si](C)(C)C. The Morgan fingerprint density at radius 3 is 1.50 bits per heavy atom. The predicted molar refractivity (Wildman–Crippen MR) is 48.0 cm³/mol. The summed E-state index contributed by atoms with van der Waals surface area (Å²) in [5, 5.41) is 4.21. The van der Waals surface area contributed by atoms with Crippen LogP contribution in [-0.4, -0.2) is 13.8 Å². The van der Waals surface area contributed by atoms with E-state index in [9.17, 15) is 0 Å². The molecule has 0 unspecified atom stereocenters. The first-order chi connectivity index (χ1) is 4.21. The van der Waals surface area contributed by atoms with Gasteiger partial charge < -0.3 is 0 Å². The molecular formula is C7H18N2Si. The molecule has 0 N–H and O–H groups in total. The Labute approximate surface area is 64.8 Å². The van der Waals surface area contributed by atoms with Crippen LogP contribution in [0.25, 0.3) is 0 Å². The van der Waals surface area contributed by atoms with Gasteiger partial charge in [-0.2, -0.15) is 5.11 Å². The van der Waals surface area contributed by atoms with Crippen LogP contribution >= 0.6 is 0 Å². The normalized spacial score (nSPS) is 14.6.